The third-order valence-electron chi connectivity index (χ3n) is 2.24. The summed E-state index contributed by atoms with van der Waals surface area (Å²) in [5.74, 6) is -1.02. The molecule has 2 N–H and O–H groups in total. The number of carboxylic acid groups (broad SMARTS) is 1. The molecule has 0 atom stereocenters. The van der Waals surface area contributed by atoms with Gasteiger partial charge in [-0.1, -0.05) is 11.6 Å². The van der Waals surface area contributed by atoms with Crippen LogP contribution in [0, 0.1) is 0 Å². The molecule has 0 heterocycles. The number of aliphatic carboxylic acids is 1. The Morgan fingerprint density at radius 3 is 2.75 bits per heavy atom. The lowest BCUT2D eigenvalue weighted by Crippen LogP contribution is -2.14. The smallest absolute Gasteiger partial charge is 0.341 e. The normalized spacial score (nSPS) is 10.1. The fourth-order valence-electron chi connectivity index (χ4n) is 1.37. The maximum Gasteiger partial charge on any atom is 0.341 e. The van der Waals surface area contributed by atoms with Crippen LogP contribution >= 0.6 is 11.6 Å². The molecule has 1 aromatic rings. The number of amides is 1. The molecule has 0 fully saturated rings. The molecule has 0 aliphatic carbocycles. The molecule has 0 bridgehead atoms. The summed E-state index contributed by atoms with van der Waals surface area (Å²) in [5.41, 5.74) is 0.513. The lowest BCUT2D eigenvalue weighted by molar-refractivity contribution is -0.139. The van der Waals surface area contributed by atoms with Crippen LogP contribution in [0.15, 0.2) is 18.2 Å². The number of hydrogen-bond donors (Lipinski definition) is 2. The molecule has 0 spiro atoms. The predicted octanol–water partition coefficient (Wildman–Crippen LogP) is 2.17. The number of benzene rings is 1. The Morgan fingerprint density at radius 1 is 1.40 bits per heavy atom. The summed E-state index contributed by atoms with van der Waals surface area (Å²) >= 11 is 5.93. The Labute approximate surface area is 121 Å². The number of anilines is 1. The molecule has 1 aromatic carbocycles. The third kappa shape index (κ3) is 5.90. The molecule has 0 radical (unpaired) electrons. The third-order valence-corrected chi connectivity index (χ3v) is 2.54. The van der Waals surface area contributed by atoms with Gasteiger partial charge in [-0.2, -0.15) is 0 Å². The molecule has 0 unspecified atom stereocenters. The van der Waals surface area contributed by atoms with E-state index in [9.17, 15) is 9.59 Å². The molecular formula is C13H16ClNO5. The van der Waals surface area contributed by atoms with E-state index in [4.69, 9.17) is 26.2 Å². The zero-order valence-electron chi connectivity index (χ0n) is 11.0. The number of hydrogen-bond acceptors (Lipinski definition) is 4. The van der Waals surface area contributed by atoms with Crippen LogP contribution in [0.25, 0.3) is 0 Å². The topological polar surface area (TPSA) is 84.9 Å². The van der Waals surface area contributed by atoms with Crippen molar-refractivity contribution >= 4 is 29.2 Å². The van der Waals surface area contributed by atoms with Gasteiger partial charge < -0.3 is 19.9 Å². The monoisotopic (exact) mass is 301 g/mol. The second-order valence-corrected chi connectivity index (χ2v) is 4.23. The van der Waals surface area contributed by atoms with Crippen molar-refractivity contribution in [3.63, 3.8) is 0 Å². The number of carbonyl (C=O) groups is 2. The Morgan fingerprint density at radius 2 is 2.15 bits per heavy atom. The number of carbonyl (C=O) groups excluding carboxylic acids is 1. The van der Waals surface area contributed by atoms with Gasteiger partial charge in [0.25, 0.3) is 0 Å². The van der Waals surface area contributed by atoms with Crippen LogP contribution in [-0.4, -0.2) is 36.8 Å². The summed E-state index contributed by atoms with van der Waals surface area (Å²) in [6.45, 7) is 2.30. The first kappa shape index (κ1) is 16.3. The molecule has 7 heteroatoms. The molecule has 6 nitrogen and oxygen atoms in total. The number of ether oxygens (including phenoxy) is 2. The van der Waals surface area contributed by atoms with Crippen LogP contribution in [0.2, 0.25) is 5.02 Å². The second kappa shape index (κ2) is 8.39. The second-order valence-electron chi connectivity index (χ2n) is 3.82. The first-order valence-corrected chi connectivity index (χ1v) is 6.42. The summed E-state index contributed by atoms with van der Waals surface area (Å²) in [4.78, 5) is 21.9. The van der Waals surface area contributed by atoms with E-state index in [1.165, 1.54) is 12.1 Å². The Kier molecular flexibility index (Phi) is 6.83. The van der Waals surface area contributed by atoms with Crippen LogP contribution < -0.4 is 10.1 Å². The molecule has 0 aliphatic heterocycles. The van der Waals surface area contributed by atoms with Gasteiger partial charge in [-0.3, -0.25) is 4.79 Å². The Bertz CT molecular complexity index is 478. The minimum Gasteiger partial charge on any atom is -0.480 e. The lowest BCUT2D eigenvalue weighted by atomic mass is 10.3. The van der Waals surface area contributed by atoms with Gasteiger partial charge in [0, 0.05) is 12.3 Å². The number of nitrogens with one attached hydrogen (secondary N) is 1. The highest BCUT2D eigenvalue weighted by molar-refractivity contribution is 6.32. The largest absolute Gasteiger partial charge is 0.480 e. The summed E-state index contributed by atoms with van der Waals surface area (Å²) in [5, 5.41) is 11.4. The molecule has 0 saturated carbocycles. The SMILES string of the molecule is CCOCCC(=O)Nc1ccc(OCC(=O)O)c(Cl)c1. The van der Waals surface area contributed by atoms with E-state index in [1.54, 1.807) is 6.07 Å². The van der Waals surface area contributed by atoms with Gasteiger partial charge >= 0.3 is 5.97 Å². The Hall–Kier alpha value is -1.79. The van der Waals surface area contributed by atoms with E-state index in [-0.39, 0.29) is 23.1 Å². The summed E-state index contributed by atoms with van der Waals surface area (Å²) in [6, 6.07) is 4.59. The van der Waals surface area contributed by atoms with Crippen LogP contribution in [0.5, 0.6) is 5.75 Å². The van der Waals surface area contributed by atoms with Crippen molar-refractivity contribution in [3.8, 4) is 5.75 Å². The summed E-state index contributed by atoms with van der Waals surface area (Å²) in [6.07, 6.45) is 0.253. The first-order chi connectivity index (χ1) is 9.52. The van der Waals surface area contributed by atoms with E-state index in [0.29, 0.717) is 18.9 Å². The quantitative estimate of drug-likeness (QED) is 0.719. The van der Waals surface area contributed by atoms with Crippen molar-refractivity contribution in [2.75, 3.05) is 25.1 Å². The van der Waals surface area contributed by atoms with Crippen molar-refractivity contribution in [1.82, 2.24) is 0 Å². The van der Waals surface area contributed by atoms with Gasteiger partial charge in [-0.25, -0.2) is 4.79 Å². The highest BCUT2D eigenvalue weighted by Gasteiger charge is 2.07. The van der Waals surface area contributed by atoms with Crippen molar-refractivity contribution < 1.29 is 24.2 Å². The van der Waals surface area contributed by atoms with E-state index in [0.717, 1.165) is 0 Å². The molecule has 0 aromatic heterocycles. The fourth-order valence-corrected chi connectivity index (χ4v) is 1.60. The van der Waals surface area contributed by atoms with Crippen LogP contribution in [0.1, 0.15) is 13.3 Å². The fraction of sp³-hybridized carbons (Fsp3) is 0.385. The van der Waals surface area contributed by atoms with Crippen LogP contribution in [-0.2, 0) is 14.3 Å². The zero-order valence-corrected chi connectivity index (χ0v) is 11.8. The highest BCUT2D eigenvalue weighted by Crippen LogP contribution is 2.27. The molecule has 110 valence electrons. The number of halogens is 1. The minimum absolute atomic E-state index is 0.186. The van der Waals surface area contributed by atoms with E-state index >= 15 is 0 Å². The number of rotatable bonds is 8. The standard InChI is InChI=1S/C13H16ClNO5/c1-2-19-6-5-12(16)15-9-3-4-11(10(14)7-9)20-8-13(17)18/h3-4,7H,2,5-6,8H2,1H3,(H,15,16)(H,17,18). The van der Waals surface area contributed by atoms with Gasteiger partial charge in [0.05, 0.1) is 18.1 Å². The molecule has 20 heavy (non-hydrogen) atoms. The summed E-state index contributed by atoms with van der Waals surface area (Å²) < 4.78 is 10.0. The van der Waals surface area contributed by atoms with Gasteiger partial charge in [-0.05, 0) is 25.1 Å². The lowest BCUT2D eigenvalue weighted by Gasteiger charge is -2.09. The van der Waals surface area contributed by atoms with Gasteiger partial charge in [0.1, 0.15) is 5.75 Å². The predicted molar refractivity (Wildman–Crippen MR) is 74.3 cm³/mol. The van der Waals surface area contributed by atoms with Gasteiger partial charge in [0.2, 0.25) is 5.91 Å². The zero-order chi connectivity index (χ0) is 15.0. The molecule has 1 amide bonds. The average molecular weight is 302 g/mol. The van der Waals surface area contributed by atoms with Crippen LogP contribution in [0.4, 0.5) is 5.69 Å². The highest BCUT2D eigenvalue weighted by atomic mass is 35.5. The van der Waals surface area contributed by atoms with Crippen molar-refractivity contribution in [2.45, 2.75) is 13.3 Å². The van der Waals surface area contributed by atoms with E-state index < -0.39 is 12.6 Å². The molecule has 1 rings (SSSR count). The van der Waals surface area contributed by atoms with Gasteiger partial charge in [-0.15, -0.1) is 0 Å². The molecular weight excluding hydrogens is 286 g/mol. The maximum absolute atomic E-state index is 11.6. The van der Waals surface area contributed by atoms with Crippen LogP contribution in [0.3, 0.4) is 0 Å². The van der Waals surface area contributed by atoms with Crippen molar-refractivity contribution in [2.24, 2.45) is 0 Å². The molecule has 0 aliphatic rings. The first-order valence-electron chi connectivity index (χ1n) is 6.04. The summed E-state index contributed by atoms with van der Waals surface area (Å²) in [7, 11) is 0. The van der Waals surface area contributed by atoms with Crippen molar-refractivity contribution in [1.29, 1.82) is 0 Å². The number of carboxylic acids is 1. The van der Waals surface area contributed by atoms with E-state index in [1.807, 2.05) is 6.92 Å². The average Bonchev–Trinajstić information content (AvgIpc) is 2.38. The molecule has 0 saturated heterocycles. The minimum atomic E-state index is -1.09. The van der Waals surface area contributed by atoms with Crippen molar-refractivity contribution in [3.05, 3.63) is 23.2 Å². The van der Waals surface area contributed by atoms with E-state index in [2.05, 4.69) is 5.32 Å². The van der Waals surface area contributed by atoms with Gasteiger partial charge in [0.15, 0.2) is 6.61 Å². The maximum atomic E-state index is 11.6. The Balaban J connectivity index is 2.54.